The predicted octanol–water partition coefficient (Wildman–Crippen LogP) is 2.46. The molecular weight excluding hydrogens is 276 g/mol. The van der Waals surface area contributed by atoms with Gasteiger partial charge in [0, 0.05) is 31.5 Å². The first-order chi connectivity index (χ1) is 10.0. The second-order valence-corrected chi connectivity index (χ2v) is 4.64. The molecule has 0 unspecified atom stereocenters. The highest BCUT2D eigenvalue weighted by molar-refractivity contribution is 5.58. The molecule has 7 heteroatoms. The smallest absolute Gasteiger partial charge is 0.311 e. The molecular formula is C14H22N2O5. The molecule has 7 nitrogen and oxygen atoms in total. The van der Waals surface area contributed by atoms with Gasteiger partial charge in [-0.1, -0.05) is 0 Å². The Labute approximate surface area is 124 Å². The van der Waals surface area contributed by atoms with Crippen LogP contribution >= 0.6 is 0 Å². The highest BCUT2D eigenvalue weighted by Gasteiger charge is 2.16. The summed E-state index contributed by atoms with van der Waals surface area (Å²) in [6.45, 7) is 5.88. The largest absolute Gasteiger partial charge is 0.484 e. The summed E-state index contributed by atoms with van der Waals surface area (Å²) in [5, 5.41) is 14.1. The van der Waals surface area contributed by atoms with Crippen molar-refractivity contribution in [3.63, 3.8) is 0 Å². The first-order valence-electron chi connectivity index (χ1n) is 6.80. The van der Waals surface area contributed by atoms with Crippen molar-refractivity contribution >= 4 is 11.4 Å². The molecule has 0 aliphatic rings. The molecule has 0 aromatic heterocycles. The van der Waals surface area contributed by atoms with E-state index in [0.29, 0.717) is 26.4 Å². The van der Waals surface area contributed by atoms with Gasteiger partial charge in [-0.25, -0.2) is 0 Å². The second-order valence-electron chi connectivity index (χ2n) is 4.64. The van der Waals surface area contributed by atoms with E-state index in [2.05, 4.69) is 5.32 Å². The lowest BCUT2D eigenvalue weighted by Crippen LogP contribution is -2.12. The van der Waals surface area contributed by atoms with Crippen LogP contribution in [0.2, 0.25) is 0 Å². The number of rotatable bonds is 10. The minimum Gasteiger partial charge on any atom is -0.484 e. The molecule has 0 atom stereocenters. The zero-order valence-electron chi connectivity index (χ0n) is 12.6. The molecule has 1 N–H and O–H groups in total. The van der Waals surface area contributed by atoms with Crippen LogP contribution in [0.3, 0.4) is 0 Å². The Kier molecular flexibility index (Phi) is 7.49. The molecule has 0 amide bonds. The normalized spacial score (nSPS) is 10.7. The van der Waals surface area contributed by atoms with Gasteiger partial charge in [-0.2, -0.15) is 0 Å². The fraction of sp³-hybridized carbons (Fsp3) is 0.571. The van der Waals surface area contributed by atoms with E-state index in [0.717, 1.165) is 5.69 Å². The Morgan fingerprint density at radius 2 is 2.05 bits per heavy atom. The zero-order chi connectivity index (χ0) is 15.7. The van der Waals surface area contributed by atoms with Crippen LogP contribution in [0, 0.1) is 10.1 Å². The van der Waals surface area contributed by atoms with Crippen LogP contribution in [0.4, 0.5) is 11.4 Å². The fourth-order valence-corrected chi connectivity index (χ4v) is 1.64. The van der Waals surface area contributed by atoms with Gasteiger partial charge in [-0.15, -0.1) is 0 Å². The van der Waals surface area contributed by atoms with E-state index in [9.17, 15) is 10.1 Å². The fourth-order valence-electron chi connectivity index (χ4n) is 1.64. The van der Waals surface area contributed by atoms with E-state index in [4.69, 9.17) is 14.2 Å². The van der Waals surface area contributed by atoms with E-state index >= 15 is 0 Å². The highest BCUT2D eigenvalue weighted by atomic mass is 16.6. The van der Waals surface area contributed by atoms with Gasteiger partial charge in [0.2, 0.25) is 0 Å². The van der Waals surface area contributed by atoms with Crippen LogP contribution in [-0.2, 0) is 9.47 Å². The first-order valence-corrected chi connectivity index (χ1v) is 6.80. The number of nitrogens with zero attached hydrogens (tertiary/aromatic N) is 1. The Hall–Kier alpha value is -1.86. The molecule has 0 aliphatic carbocycles. The lowest BCUT2D eigenvalue weighted by atomic mass is 10.2. The lowest BCUT2D eigenvalue weighted by Gasteiger charge is -2.12. The summed E-state index contributed by atoms with van der Waals surface area (Å²) in [5.74, 6) is 0.264. The maximum Gasteiger partial charge on any atom is 0.311 e. The average molecular weight is 298 g/mol. The molecule has 0 saturated carbocycles. The number of nitrogens with one attached hydrogen (secondary N) is 1. The molecule has 1 aromatic carbocycles. The van der Waals surface area contributed by atoms with Crippen molar-refractivity contribution in [3.05, 3.63) is 28.3 Å². The van der Waals surface area contributed by atoms with E-state index < -0.39 is 4.92 Å². The van der Waals surface area contributed by atoms with Gasteiger partial charge < -0.3 is 19.5 Å². The standard InChI is InChI=1S/C14H22N2O5/c1-11(2)21-14-10-12(4-5-13(14)16(17)18)15-6-7-20-9-8-19-3/h4-5,10-11,15H,6-9H2,1-3H3. The van der Waals surface area contributed by atoms with Crippen LogP contribution in [-0.4, -0.2) is 44.5 Å². The molecule has 0 saturated heterocycles. The van der Waals surface area contributed by atoms with Gasteiger partial charge in [0.25, 0.3) is 0 Å². The van der Waals surface area contributed by atoms with Crippen LogP contribution in [0.25, 0.3) is 0 Å². The van der Waals surface area contributed by atoms with Crippen LogP contribution in [0.15, 0.2) is 18.2 Å². The predicted molar refractivity (Wildman–Crippen MR) is 80.0 cm³/mol. The Bertz CT molecular complexity index is 451. The minimum absolute atomic E-state index is 0.0365. The molecule has 0 fully saturated rings. The average Bonchev–Trinajstić information content (AvgIpc) is 2.42. The molecule has 0 bridgehead atoms. The van der Waals surface area contributed by atoms with Gasteiger partial charge in [0.15, 0.2) is 5.75 Å². The van der Waals surface area contributed by atoms with Gasteiger partial charge >= 0.3 is 5.69 Å². The quantitative estimate of drug-likeness (QED) is 0.406. The Morgan fingerprint density at radius 1 is 1.29 bits per heavy atom. The number of hydrogen-bond acceptors (Lipinski definition) is 6. The second kappa shape index (κ2) is 9.15. The summed E-state index contributed by atoms with van der Waals surface area (Å²) in [4.78, 5) is 10.5. The minimum atomic E-state index is -0.449. The maximum atomic E-state index is 10.9. The van der Waals surface area contributed by atoms with Crippen molar-refractivity contribution in [2.24, 2.45) is 0 Å². The maximum absolute atomic E-state index is 10.9. The molecule has 118 valence electrons. The number of hydrogen-bond donors (Lipinski definition) is 1. The van der Waals surface area contributed by atoms with E-state index in [1.54, 1.807) is 19.2 Å². The lowest BCUT2D eigenvalue weighted by molar-refractivity contribution is -0.386. The van der Waals surface area contributed by atoms with Crippen LogP contribution in [0.1, 0.15) is 13.8 Å². The molecule has 0 radical (unpaired) electrons. The van der Waals surface area contributed by atoms with Crippen LogP contribution < -0.4 is 10.1 Å². The first kappa shape index (κ1) is 17.2. The molecule has 0 spiro atoms. The summed E-state index contributed by atoms with van der Waals surface area (Å²) in [5.41, 5.74) is 0.720. The number of anilines is 1. The third-order valence-corrected chi connectivity index (χ3v) is 2.53. The summed E-state index contributed by atoms with van der Waals surface area (Å²) in [6, 6.07) is 4.72. The van der Waals surface area contributed by atoms with Gasteiger partial charge in [0.05, 0.1) is 30.8 Å². The molecule has 1 aromatic rings. The van der Waals surface area contributed by atoms with E-state index in [1.807, 2.05) is 13.8 Å². The number of nitro benzene ring substituents is 1. The van der Waals surface area contributed by atoms with Crippen molar-refractivity contribution < 1.29 is 19.1 Å². The molecule has 1 rings (SSSR count). The Balaban J connectivity index is 2.57. The highest BCUT2D eigenvalue weighted by Crippen LogP contribution is 2.30. The van der Waals surface area contributed by atoms with E-state index in [1.165, 1.54) is 6.07 Å². The number of nitro groups is 1. The van der Waals surface area contributed by atoms with Gasteiger partial charge in [0.1, 0.15) is 0 Å². The van der Waals surface area contributed by atoms with Gasteiger partial charge in [-0.3, -0.25) is 10.1 Å². The number of ether oxygens (including phenoxy) is 3. The zero-order valence-corrected chi connectivity index (χ0v) is 12.6. The molecule has 0 aliphatic heterocycles. The summed E-state index contributed by atoms with van der Waals surface area (Å²) in [7, 11) is 1.62. The van der Waals surface area contributed by atoms with Crippen molar-refractivity contribution in [1.82, 2.24) is 0 Å². The molecule has 0 heterocycles. The number of methoxy groups -OCH3 is 1. The van der Waals surface area contributed by atoms with Crippen molar-refractivity contribution in [2.75, 3.05) is 38.8 Å². The summed E-state index contributed by atoms with van der Waals surface area (Å²) >= 11 is 0. The Morgan fingerprint density at radius 3 is 2.67 bits per heavy atom. The third kappa shape index (κ3) is 6.42. The van der Waals surface area contributed by atoms with E-state index in [-0.39, 0.29) is 17.5 Å². The van der Waals surface area contributed by atoms with Crippen molar-refractivity contribution in [3.8, 4) is 5.75 Å². The molecule has 21 heavy (non-hydrogen) atoms. The summed E-state index contributed by atoms with van der Waals surface area (Å²) in [6.07, 6.45) is -0.128. The van der Waals surface area contributed by atoms with Crippen molar-refractivity contribution in [2.45, 2.75) is 20.0 Å². The number of benzene rings is 1. The topological polar surface area (TPSA) is 82.9 Å². The van der Waals surface area contributed by atoms with Gasteiger partial charge in [-0.05, 0) is 19.9 Å². The summed E-state index contributed by atoms with van der Waals surface area (Å²) < 4.78 is 15.7. The SMILES string of the molecule is COCCOCCNc1ccc([N+](=O)[O-])c(OC(C)C)c1. The van der Waals surface area contributed by atoms with Crippen molar-refractivity contribution in [1.29, 1.82) is 0 Å². The van der Waals surface area contributed by atoms with Crippen LogP contribution in [0.5, 0.6) is 5.75 Å². The monoisotopic (exact) mass is 298 g/mol. The third-order valence-electron chi connectivity index (χ3n) is 2.53.